The molecular weight excluding hydrogens is 156 g/mol. The lowest BCUT2D eigenvalue weighted by Gasteiger charge is -2.25. The zero-order valence-corrected chi connectivity index (χ0v) is 7.45. The molecule has 1 rings (SSSR count). The quantitative estimate of drug-likeness (QED) is 0.646. The summed E-state index contributed by atoms with van der Waals surface area (Å²) < 4.78 is 4.41. The van der Waals surface area contributed by atoms with Crippen LogP contribution in [0.1, 0.15) is 32.1 Å². The lowest BCUT2D eigenvalue weighted by molar-refractivity contribution is -0.150. The van der Waals surface area contributed by atoms with Crippen LogP contribution in [-0.4, -0.2) is 24.3 Å². The zero-order valence-electron chi connectivity index (χ0n) is 7.45. The van der Waals surface area contributed by atoms with Crippen molar-refractivity contribution in [3.8, 4) is 0 Å². The summed E-state index contributed by atoms with van der Waals surface area (Å²) in [5.41, 5.74) is 0. The van der Waals surface area contributed by atoms with Gasteiger partial charge in [-0.1, -0.05) is 19.3 Å². The van der Waals surface area contributed by atoms with Crippen LogP contribution in [0.15, 0.2) is 0 Å². The number of carbonyl (C=O) groups excluding carboxylic acids is 1. The minimum Gasteiger partial charge on any atom is -0.467 e. The van der Waals surface area contributed by atoms with Gasteiger partial charge in [-0.3, -0.25) is 0 Å². The van der Waals surface area contributed by atoms with Crippen molar-refractivity contribution in [3.05, 3.63) is 0 Å². The zero-order chi connectivity index (χ0) is 8.97. The molecule has 3 heteroatoms. The molecule has 0 heterocycles. The second-order valence-electron chi connectivity index (χ2n) is 3.41. The van der Waals surface area contributed by atoms with E-state index in [-0.39, 0.29) is 0 Å². The maximum absolute atomic E-state index is 10.8. The van der Waals surface area contributed by atoms with Crippen molar-refractivity contribution in [1.82, 2.24) is 0 Å². The van der Waals surface area contributed by atoms with Crippen molar-refractivity contribution >= 4 is 5.97 Å². The van der Waals surface area contributed by atoms with E-state index in [0.29, 0.717) is 6.42 Å². The van der Waals surface area contributed by atoms with Gasteiger partial charge in [0.1, 0.15) is 0 Å². The summed E-state index contributed by atoms with van der Waals surface area (Å²) in [7, 11) is 1.30. The highest BCUT2D eigenvalue weighted by molar-refractivity contribution is 5.74. The first kappa shape index (κ1) is 9.52. The summed E-state index contributed by atoms with van der Waals surface area (Å²) in [6, 6.07) is 0. The van der Waals surface area contributed by atoms with Gasteiger partial charge >= 0.3 is 5.97 Å². The van der Waals surface area contributed by atoms with Crippen molar-refractivity contribution in [2.45, 2.75) is 38.2 Å². The number of methoxy groups -OCH3 is 1. The van der Waals surface area contributed by atoms with Gasteiger partial charge in [-0.05, 0) is 18.8 Å². The fourth-order valence-corrected chi connectivity index (χ4v) is 1.43. The van der Waals surface area contributed by atoms with Gasteiger partial charge in [-0.15, -0.1) is 0 Å². The van der Waals surface area contributed by atoms with Gasteiger partial charge in [-0.2, -0.15) is 0 Å². The fourth-order valence-electron chi connectivity index (χ4n) is 1.43. The highest BCUT2D eigenvalue weighted by Crippen LogP contribution is 2.30. The first-order valence-electron chi connectivity index (χ1n) is 4.50. The maximum atomic E-state index is 10.8. The van der Waals surface area contributed by atoms with Crippen LogP contribution in [0, 0.1) is 5.92 Å². The van der Waals surface area contributed by atoms with Gasteiger partial charge in [0.25, 0.3) is 0 Å². The topological polar surface area (TPSA) is 46.5 Å². The second kappa shape index (κ2) is 4.45. The van der Waals surface area contributed by atoms with E-state index in [0.717, 1.165) is 12.3 Å². The van der Waals surface area contributed by atoms with E-state index >= 15 is 0 Å². The molecule has 0 aromatic rings. The van der Waals surface area contributed by atoms with Gasteiger partial charge < -0.3 is 9.84 Å². The van der Waals surface area contributed by atoms with Crippen LogP contribution in [0.5, 0.6) is 0 Å². The van der Waals surface area contributed by atoms with Gasteiger partial charge in [0.15, 0.2) is 6.10 Å². The van der Waals surface area contributed by atoms with Crippen molar-refractivity contribution < 1.29 is 14.6 Å². The number of hydrogen-bond acceptors (Lipinski definition) is 3. The van der Waals surface area contributed by atoms with E-state index in [9.17, 15) is 9.90 Å². The highest BCUT2D eigenvalue weighted by Gasteiger charge is 2.21. The van der Waals surface area contributed by atoms with Gasteiger partial charge in [-0.25, -0.2) is 4.79 Å². The van der Waals surface area contributed by atoms with Crippen LogP contribution >= 0.6 is 0 Å². The van der Waals surface area contributed by atoms with Crippen LogP contribution in [0.4, 0.5) is 0 Å². The molecule has 0 saturated heterocycles. The predicted octanol–water partition coefficient (Wildman–Crippen LogP) is 1.10. The molecule has 0 amide bonds. The van der Waals surface area contributed by atoms with Crippen molar-refractivity contribution in [1.29, 1.82) is 0 Å². The number of hydrogen-bond donors (Lipinski definition) is 1. The Hall–Kier alpha value is -0.570. The van der Waals surface area contributed by atoms with Crippen LogP contribution in [-0.2, 0) is 9.53 Å². The standard InChI is InChI=1S/C9H16O3/c1-12-9(11)8(10)6-5-7-3-2-4-7/h7-8,10H,2-6H2,1H3/t8-/m1/s1. The van der Waals surface area contributed by atoms with Gasteiger partial charge in [0.05, 0.1) is 7.11 Å². The second-order valence-corrected chi connectivity index (χ2v) is 3.41. The van der Waals surface area contributed by atoms with Crippen LogP contribution in [0.25, 0.3) is 0 Å². The third kappa shape index (κ3) is 2.48. The summed E-state index contributed by atoms with van der Waals surface area (Å²) in [6.45, 7) is 0. The summed E-state index contributed by atoms with van der Waals surface area (Å²) in [4.78, 5) is 10.8. The molecule has 12 heavy (non-hydrogen) atoms. The molecule has 0 bridgehead atoms. The lowest BCUT2D eigenvalue weighted by Crippen LogP contribution is -2.23. The summed E-state index contributed by atoms with van der Waals surface area (Å²) in [5, 5.41) is 9.21. The van der Waals surface area contributed by atoms with E-state index in [1.807, 2.05) is 0 Å². The van der Waals surface area contributed by atoms with Gasteiger partial charge in [0, 0.05) is 0 Å². The molecule has 1 aliphatic rings. The minimum atomic E-state index is -0.907. The highest BCUT2D eigenvalue weighted by atomic mass is 16.5. The molecule has 0 aliphatic heterocycles. The SMILES string of the molecule is COC(=O)[C@H](O)CCC1CCC1. The molecular formula is C9H16O3. The molecule has 0 spiro atoms. The predicted molar refractivity (Wildman–Crippen MR) is 44.6 cm³/mol. The van der Waals surface area contributed by atoms with Crippen LogP contribution in [0.2, 0.25) is 0 Å². The third-order valence-electron chi connectivity index (χ3n) is 2.55. The van der Waals surface area contributed by atoms with Crippen molar-refractivity contribution in [3.63, 3.8) is 0 Å². The normalized spacial score (nSPS) is 19.8. The Labute approximate surface area is 72.7 Å². The number of ether oxygens (including phenoxy) is 1. The number of aliphatic hydroxyl groups excluding tert-OH is 1. The average molecular weight is 172 g/mol. The summed E-state index contributed by atoms with van der Waals surface area (Å²) in [5.74, 6) is 0.235. The number of aliphatic hydroxyl groups is 1. The van der Waals surface area contributed by atoms with E-state index in [1.165, 1.54) is 26.4 Å². The number of esters is 1. The monoisotopic (exact) mass is 172 g/mol. The Kier molecular flexibility index (Phi) is 3.53. The van der Waals surface area contributed by atoms with Crippen LogP contribution in [0.3, 0.4) is 0 Å². The smallest absolute Gasteiger partial charge is 0.334 e. The molecule has 70 valence electrons. The minimum absolute atomic E-state index is 0.505. The Morgan fingerprint density at radius 1 is 1.67 bits per heavy atom. The number of rotatable bonds is 4. The average Bonchev–Trinajstić information content (AvgIpc) is 2.00. The van der Waals surface area contributed by atoms with E-state index in [1.54, 1.807) is 0 Å². The van der Waals surface area contributed by atoms with E-state index in [4.69, 9.17) is 0 Å². The Bertz CT molecular complexity index is 152. The van der Waals surface area contributed by atoms with Crippen LogP contribution < -0.4 is 0 Å². The first-order chi connectivity index (χ1) is 5.74. The van der Waals surface area contributed by atoms with E-state index < -0.39 is 12.1 Å². The Balaban J connectivity index is 2.08. The molecule has 3 nitrogen and oxygen atoms in total. The molecule has 0 aromatic heterocycles. The summed E-state index contributed by atoms with van der Waals surface area (Å²) in [6.07, 6.45) is 4.42. The Morgan fingerprint density at radius 3 is 2.75 bits per heavy atom. The molecule has 0 radical (unpaired) electrons. The van der Waals surface area contributed by atoms with E-state index in [2.05, 4.69) is 4.74 Å². The fraction of sp³-hybridized carbons (Fsp3) is 0.889. The van der Waals surface area contributed by atoms with Crippen molar-refractivity contribution in [2.24, 2.45) is 5.92 Å². The molecule has 0 aromatic carbocycles. The summed E-state index contributed by atoms with van der Waals surface area (Å²) >= 11 is 0. The first-order valence-corrected chi connectivity index (χ1v) is 4.50. The maximum Gasteiger partial charge on any atom is 0.334 e. The molecule has 0 unspecified atom stereocenters. The Morgan fingerprint density at radius 2 is 2.33 bits per heavy atom. The molecule has 1 fully saturated rings. The molecule has 1 N–H and O–H groups in total. The van der Waals surface area contributed by atoms with Crippen molar-refractivity contribution in [2.75, 3.05) is 7.11 Å². The lowest BCUT2D eigenvalue weighted by atomic mass is 9.81. The molecule has 1 atom stereocenters. The largest absolute Gasteiger partial charge is 0.467 e. The number of carbonyl (C=O) groups is 1. The molecule has 1 aliphatic carbocycles. The third-order valence-corrected chi connectivity index (χ3v) is 2.55. The van der Waals surface area contributed by atoms with Gasteiger partial charge in [0.2, 0.25) is 0 Å². The molecule has 1 saturated carbocycles.